The molecule has 6 aliphatic carbocycles. The minimum atomic E-state index is -5.06. The number of esters is 2. The number of rotatable bonds is 7. The first-order chi connectivity index (χ1) is 50.3. The molecule has 50 heteroatoms. The lowest BCUT2D eigenvalue weighted by molar-refractivity contribution is -0.204. The van der Waals surface area contributed by atoms with Crippen LogP contribution in [-0.4, -0.2) is 98.9 Å². The number of fused-ring (bicyclic) bond motifs is 6. The Morgan fingerprint density at radius 2 is 0.758 bits per heavy atom. The van der Waals surface area contributed by atoms with Gasteiger partial charge in [0.2, 0.25) is 0 Å². The molecule has 19 nitrogen and oxygen atoms in total. The van der Waals surface area contributed by atoms with Gasteiger partial charge in [0.15, 0.2) is 40.5 Å². The SMILES string of the molecule is C.C.C.C.C.C.C.C.C.C.C.C.C.C.C=CC.CC(=O)OC1CC(=O)c2c(Br)sc(Br)c21.Cl.NC1CC(=O)c2c(Br)sc(Br)c21.O=C(O)CC(NC(=O)C(F)(F)F)c1cc(Br)sc1Br.O=C1CC(=O)c2c(Br)sc(Br)c21.O=C1CC(NC(=O)C(F)(F)F)c2c(Br)sc(Br)c21.O=C1CC(O)c2c(Br)sc(Br)c21.O=C1CC(OC(=O)C(F)(F)F)c2c(Br)sc(Br)c21. The van der Waals surface area contributed by atoms with Crippen molar-refractivity contribution < 1.29 is 117 Å². The molecule has 0 aliphatic heterocycles. The molecular weight excluding hydrogens is 2740 g/mol. The Morgan fingerprint density at radius 1 is 0.452 bits per heavy atom. The molecule has 710 valence electrons. The van der Waals surface area contributed by atoms with Crippen LogP contribution in [0.4, 0.5) is 39.5 Å². The number of Topliss-reactive ketones (excluding diaryl/α,β-unsaturated/α-hetero) is 7. The number of halogens is 24. The molecule has 0 bridgehead atoms. The van der Waals surface area contributed by atoms with Gasteiger partial charge in [-0.1, -0.05) is 110 Å². The molecule has 0 fully saturated rings. The van der Waals surface area contributed by atoms with Gasteiger partial charge in [-0.05, 0) is 236 Å². The zero-order valence-corrected chi connectivity index (χ0v) is 82.2. The Bertz CT molecular complexity index is 4670. The van der Waals surface area contributed by atoms with Crippen LogP contribution >= 0.6 is 315 Å². The van der Waals surface area contributed by atoms with Crippen molar-refractivity contribution in [3.8, 4) is 0 Å². The van der Waals surface area contributed by atoms with E-state index in [2.05, 4.69) is 234 Å². The van der Waals surface area contributed by atoms with E-state index in [1.165, 1.54) is 81.0 Å². The second-order valence-corrected chi connectivity index (χ2v) is 47.4. The van der Waals surface area contributed by atoms with Gasteiger partial charge in [-0.15, -0.1) is 98.3 Å². The molecule has 0 radical (unpaired) electrons. The van der Waals surface area contributed by atoms with Gasteiger partial charge in [-0.3, -0.25) is 52.7 Å². The molecule has 0 saturated carbocycles. The second-order valence-electron chi connectivity index (χ2n) is 21.7. The summed E-state index contributed by atoms with van der Waals surface area (Å²) in [6.07, 6.45) is -15.7. The number of amides is 2. The minimum Gasteiger partial charge on any atom is -0.481 e. The quantitative estimate of drug-likeness (QED) is 0.0428. The van der Waals surface area contributed by atoms with Crippen LogP contribution in [0.5, 0.6) is 0 Å². The summed E-state index contributed by atoms with van der Waals surface area (Å²) in [5.74, 6) is -8.80. The van der Waals surface area contributed by atoms with Gasteiger partial charge in [0, 0.05) is 82.3 Å². The number of carbonyl (C=O) groups excluding carboxylic acids is 11. The summed E-state index contributed by atoms with van der Waals surface area (Å²) in [4.78, 5) is 134. The molecule has 6 aliphatic rings. The van der Waals surface area contributed by atoms with E-state index in [9.17, 15) is 102 Å². The van der Waals surface area contributed by atoms with E-state index in [0.29, 0.717) is 68.1 Å². The van der Waals surface area contributed by atoms with Gasteiger partial charge >= 0.3 is 48.3 Å². The number of aliphatic carboxylic acids is 1. The van der Waals surface area contributed by atoms with Crippen molar-refractivity contribution in [1.82, 2.24) is 10.6 Å². The predicted molar refractivity (Wildman–Crippen MR) is 541 cm³/mol. The van der Waals surface area contributed by atoms with Crippen LogP contribution in [0, 0.1) is 0 Å². The Labute approximate surface area is 868 Å². The number of nitrogens with one attached hydrogen (secondary N) is 2. The Morgan fingerprint density at radius 3 is 1.10 bits per heavy atom. The highest BCUT2D eigenvalue weighted by Gasteiger charge is 2.48. The summed E-state index contributed by atoms with van der Waals surface area (Å²) in [6.45, 7) is 6.60. The first-order valence-electron chi connectivity index (χ1n) is 28.7. The number of carboxylic acids is 1. The maximum Gasteiger partial charge on any atom is 0.490 e. The van der Waals surface area contributed by atoms with Crippen LogP contribution in [0.25, 0.3) is 0 Å². The zero-order chi connectivity index (χ0) is 82.6. The average molecular weight is 2830 g/mol. The maximum absolute atomic E-state index is 12.2. The Kier molecular flexibility index (Phi) is 69.8. The lowest BCUT2D eigenvalue weighted by atomic mass is 10.1. The lowest BCUT2D eigenvalue weighted by Crippen LogP contribution is -2.39. The molecule has 6 atom stereocenters. The minimum absolute atomic E-state index is 0. The van der Waals surface area contributed by atoms with Crippen molar-refractivity contribution in [3.63, 3.8) is 0 Å². The molecule has 6 N–H and O–H groups in total. The fraction of sp³-hybridized carbons (Fsp3) is 0.432. The number of thiophene rings is 7. The van der Waals surface area contributed by atoms with Gasteiger partial charge in [0.1, 0.15) is 12.2 Å². The van der Waals surface area contributed by atoms with Crippen LogP contribution in [0.2, 0.25) is 0 Å². The van der Waals surface area contributed by atoms with E-state index in [4.69, 9.17) is 15.6 Å². The normalized spacial score (nSPS) is 15.6. The van der Waals surface area contributed by atoms with Crippen molar-refractivity contribution in [3.05, 3.63) is 144 Å². The lowest BCUT2D eigenvalue weighted by Gasteiger charge is -2.17. The van der Waals surface area contributed by atoms with Crippen molar-refractivity contribution in [1.29, 1.82) is 0 Å². The number of carboxylic acid groups (broad SMARTS) is 1. The topological polar surface area (TPSA) is 314 Å². The van der Waals surface area contributed by atoms with Gasteiger partial charge < -0.3 is 36.1 Å². The fourth-order valence-corrected chi connectivity index (χ4v) is 33.1. The Balaban J connectivity index is -0.000000150. The molecule has 124 heavy (non-hydrogen) atoms. The molecule has 7 aromatic rings. The molecule has 0 spiro atoms. The van der Waals surface area contributed by atoms with Crippen LogP contribution in [0.3, 0.4) is 0 Å². The third-order valence-electron chi connectivity index (χ3n) is 14.3. The van der Waals surface area contributed by atoms with E-state index in [-0.39, 0.29) is 212 Å². The van der Waals surface area contributed by atoms with Crippen LogP contribution in [0.15, 0.2) is 71.7 Å². The highest BCUT2D eigenvalue weighted by atomic mass is 79.9. The maximum atomic E-state index is 12.2. The largest absolute Gasteiger partial charge is 0.490 e. The summed E-state index contributed by atoms with van der Waals surface area (Å²) in [7, 11) is 0. The summed E-state index contributed by atoms with van der Waals surface area (Å²) in [5, 5.41) is 21.7. The second kappa shape index (κ2) is 60.4. The van der Waals surface area contributed by atoms with E-state index in [1.54, 1.807) is 11.4 Å². The number of aliphatic hydroxyl groups is 1. The van der Waals surface area contributed by atoms with E-state index < -0.39 is 79.1 Å². The standard InChI is InChI=1S/C9H6Br2F3NO3S.C9H4Br2F3NO2S.C9H3Br2F3O3S.C9H6Br2O3S.C7H5Br2NOS.C7H4Br2O2S.C7H2Br2O2S.C3H6.14CH4.ClH/c10-5-1-3(7(11)19-5)4(2-6(16)17)15-8(18)9(12,13)14;10-6-4-2(15-8(17)9(12,13)14)1-3(16)5(4)7(11)18-6;10-6-4-2(15)1-3(5(4)7(11)18-6)17-8(16)9(12,13)14;1-3(12)14-5-2-4(13)6-7(5)9(11)15-8(6)10;3*8-6-4-2(10)1-3(11)5(4)7(9)12-6;1-3-2;;;;;;;;;;;;;;;/h1,4H,2H2,(H,15,18)(H,16,17);2H,1H2,(H,15,17);3H,1H2;5H,2H2,1H3;2H,1,10H2;2,10H,1H2;1H2;3H,1H2,2H3;14*1H4;1H. The number of ether oxygens (including phenoxy) is 2. The number of hydrogen-bond donors (Lipinski definition) is 5. The predicted octanol–water partition coefficient (Wildman–Crippen LogP) is 33.8. The molecule has 6 unspecified atom stereocenters. The molecule has 13 rings (SSSR count). The highest BCUT2D eigenvalue weighted by Crippen LogP contribution is 2.52. The molecule has 2 amide bonds. The number of ketones is 7. The third kappa shape index (κ3) is 35.7. The Hall–Kier alpha value is -1.02. The molecule has 7 aromatic heterocycles. The summed E-state index contributed by atoms with van der Waals surface area (Å²) in [5.41, 5.74) is 13.1. The van der Waals surface area contributed by atoms with Gasteiger partial charge in [-0.2, -0.15) is 39.5 Å². The van der Waals surface area contributed by atoms with Crippen molar-refractivity contribution in [2.24, 2.45) is 5.73 Å². The van der Waals surface area contributed by atoms with Gasteiger partial charge in [0.05, 0.1) is 119 Å². The number of aliphatic hydroxyl groups excluding tert-OH is 1. The molecule has 0 saturated heterocycles. The van der Waals surface area contributed by atoms with Crippen LogP contribution in [0.1, 0.15) is 305 Å². The molecule has 7 heterocycles. The van der Waals surface area contributed by atoms with Gasteiger partial charge in [-0.25, -0.2) is 4.79 Å². The zero-order valence-electron chi connectivity index (χ0n) is 53.4. The highest BCUT2D eigenvalue weighted by molar-refractivity contribution is 9.14. The first-order valence-corrected chi connectivity index (χ1v) is 45.6. The summed E-state index contributed by atoms with van der Waals surface area (Å²) in [6, 6.07) is -0.856. The summed E-state index contributed by atoms with van der Waals surface area (Å²) >= 11 is 54.7. The van der Waals surface area contributed by atoms with E-state index >= 15 is 0 Å². The van der Waals surface area contributed by atoms with Crippen molar-refractivity contribution in [2.45, 2.75) is 218 Å². The smallest absolute Gasteiger partial charge is 0.481 e. The number of carbonyl (C=O) groups is 12. The monoisotopic (exact) mass is 2810 g/mol. The number of allylic oxidation sites excluding steroid dienone is 1. The number of alkyl halides is 9. The van der Waals surface area contributed by atoms with E-state index in [0.717, 1.165) is 63.9 Å². The van der Waals surface area contributed by atoms with Crippen molar-refractivity contribution >= 4 is 385 Å². The first kappa shape index (κ1) is 143. The third-order valence-corrected chi connectivity index (χ3v) is 32.1. The van der Waals surface area contributed by atoms with Crippen LogP contribution < -0.4 is 16.4 Å². The van der Waals surface area contributed by atoms with Gasteiger partial charge in [0.25, 0.3) is 0 Å². The number of nitrogens with two attached hydrogens (primary N) is 1. The summed E-state index contributed by atoms with van der Waals surface area (Å²) < 4.78 is 129. The average Bonchev–Trinajstić information content (AvgIpc) is 1.62. The molecule has 0 aromatic carbocycles. The van der Waals surface area contributed by atoms with Crippen molar-refractivity contribution in [2.75, 3.05) is 0 Å². The molecular formula is C74H93Br14ClF9N3O16S7. The number of hydrogen-bond acceptors (Lipinski definition) is 23. The fourth-order valence-electron chi connectivity index (χ4n) is 10.1. The van der Waals surface area contributed by atoms with Crippen LogP contribution in [-0.2, 0) is 33.4 Å². The van der Waals surface area contributed by atoms with E-state index in [1.807, 2.05) is 12.2 Å².